The molecule has 0 spiro atoms. The van der Waals surface area contributed by atoms with Crippen molar-refractivity contribution in [1.29, 1.82) is 0 Å². The Morgan fingerprint density at radius 1 is 0.917 bits per heavy atom. The quantitative estimate of drug-likeness (QED) is 0.327. The third kappa shape index (κ3) is 4.01. The van der Waals surface area contributed by atoms with E-state index in [1.807, 2.05) is 77.0 Å². The number of benzene rings is 4. The number of nitrogens with one attached hydrogen (secondary N) is 1. The minimum atomic E-state index is -0.301. The van der Waals surface area contributed by atoms with Crippen molar-refractivity contribution in [2.45, 2.75) is 13.5 Å². The normalized spacial score (nSPS) is 11.3. The number of hydrogen-bond donors (Lipinski definition) is 1. The van der Waals surface area contributed by atoms with Crippen LogP contribution in [0.25, 0.3) is 27.6 Å². The molecule has 0 aliphatic heterocycles. The average Bonchev–Trinajstić information content (AvgIpc) is 3.45. The molecule has 0 bridgehead atoms. The van der Waals surface area contributed by atoms with Crippen LogP contribution in [0, 0.1) is 12.7 Å². The van der Waals surface area contributed by atoms with Gasteiger partial charge in [0.2, 0.25) is 0 Å². The molecular weight excluding hydrogens is 453 g/mol. The van der Waals surface area contributed by atoms with E-state index in [0.717, 1.165) is 39.0 Å². The molecule has 0 atom stereocenters. The van der Waals surface area contributed by atoms with Gasteiger partial charge >= 0.3 is 0 Å². The summed E-state index contributed by atoms with van der Waals surface area (Å²) in [6.07, 6.45) is 1.87. The highest BCUT2D eigenvalue weighted by Crippen LogP contribution is 2.24. The summed E-state index contributed by atoms with van der Waals surface area (Å²) in [5.41, 5.74) is 5.73. The minimum absolute atomic E-state index is 0.216. The van der Waals surface area contributed by atoms with Crippen LogP contribution in [-0.4, -0.2) is 25.2 Å². The van der Waals surface area contributed by atoms with Crippen molar-refractivity contribution in [3.8, 4) is 5.69 Å². The first-order valence-corrected chi connectivity index (χ1v) is 11.6. The third-order valence-electron chi connectivity index (χ3n) is 6.26. The van der Waals surface area contributed by atoms with Gasteiger partial charge in [-0.15, -0.1) is 0 Å². The van der Waals surface area contributed by atoms with Crippen molar-refractivity contribution >= 4 is 33.5 Å². The molecule has 0 radical (unpaired) electrons. The molecule has 1 N–H and O–H groups in total. The number of halogens is 1. The van der Waals surface area contributed by atoms with Gasteiger partial charge in [-0.1, -0.05) is 30.3 Å². The number of fused-ring (bicyclic) bond motifs is 2. The van der Waals surface area contributed by atoms with Crippen LogP contribution in [0.5, 0.6) is 0 Å². The summed E-state index contributed by atoms with van der Waals surface area (Å²) < 4.78 is 17.3. The Hall–Kier alpha value is -4.78. The summed E-state index contributed by atoms with van der Waals surface area (Å²) >= 11 is 0. The smallest absolute Gasteiger partial charge is 0.255 e. The van der Waals surface area contributed by atoms with Gasteiger partial charge in [0.1, 0.15) is 11.6 Å². The summed E-state index contributed by atoms with van der Waals surface area (Å²) in [6, 6.07) is 27.5. The molecule has 6 nitrogen and oxygen atoms in total. The average molecular weight is 476 g/mol. The molecule has 0 saturated carbocycles. The molecule has 0 aliphatic carbocycles. The van der Waals surface area contributed by atoms with Crippen molar-refractivity contribution in [2.24, 2.45) is 0 Å². The summed E-state index contributed by atoms with van der Waals surface area (Å²) in [7, 11) is 0. The number of aromatic nitrogens is 4. The number of hydrogen-bond acceptors (Lipinski definition) is 3. The van der Waals surface area contributed by atoms with E-state index in [4.69, 9.17) is 0 Å². The van der Waals surface area contributed by atoms with Gasteiger partial charge in [0, 0.05) is 22.3 Å². The fourth-order valence-corrected chi connectivity index (χ4v) is 4.47. The van der Waals surface area contributed by atoms with Gasteiger partial charge in [0.15, 0.2) is 0 Å². The fourth-order valence-electron chi connectivity index (χ4n) is 4.47. The molecule has 0 unspecified atom stereocenters. The number of para-hydroxylation sites is 1. The summed E-state index contributed by atoms with van der Waals surface area (Å²) in [4.78, 5) is 17.6. The van der Waals surface area contributed by atoms with Gasteiger partial charge in [-0.2, -0.15) is 5.10 Å². The van der Waals surface area contributed by atoms with Gasteiger partial charge in [0.25, 0.3) is 5.91 Å². The molecule has 2 heterocycles. The largest absolute Gasteiger partial charge is 0.322 e. The molecule has 0 fully saturated rings. The van der Waals surface area contributed by atoms with Crippen LogP contribution in [0.15, 0.2) is 97.2 Å². The fraction of sp³-hybridized carbons (Fsp3) is 0.0690. The number of imidazole rings is 1. The number of amides is 1. The van der Waals surface area contributed by atoms with Crippen LogP contribution in [0.1, 0.15) is 21.7 Å². The lowest BCUT2D eigenvalue weighted by atomic mass is 10.1. The molecule has 0 aliphatic rings. The van der Waals surface area contributed by atoms with Crippen LogP contribution in [0.3, 0.4) is 0 Å². The number of anilines is 1. The van der Waals surface area contributed by atoms with Crippen molar-refractivity contribution in [3.05, 3.63) is 120 Å². The number of rotatable bonds is 5. The predicted molar refractivity (Wildman–Crippen MR) is 139 cm³/mol. The first-order chi connectivity index (χ1) is 17.5. The van der Waals surface area contributed by atoms with Gasteiger partial charge in [-0.25, -0.2) is 9.37 Å². The number of aryl methyl sites for hydroxylation is 1. The minimum Gasteiger partial charge on any atom is -0.322 e. The Kier molecular flexibility index (Phi) is 5.30. The lowest BCUT2D eigenvalue weighted by Crippen LogP contribution is -2.12. The molecular formula is C29H22FN5O. The van der Waals surface area contributed by atoms with Crippen molar-refractivity contribution in [1.82, 2.24) is 19.3 Å². The monoisotopic (exact) mass is 475 g/mol. The molecule has 4 aromatic carbocycles. The molecule has 7 heteroatoms. The predicted octanol–water partition coefficient (Wildman–Crippen LogP) is 6.12. The summed E-state index contributed by atoms with van der Waals surface area (Å²) in [6.45, 7) is 2.53. The van der Waals surface area contributed by atoms with Gasteiger partial charge < -0.3 is 5.32 Å². The van der Waals surface area contributed by atoms with Crippen LogP contribution < -0.4 is 5.32 Å². The van der Waals surface area contributed by atoms with E-state index in [0.29, 0.717) is 17.8 Å². The van der Waals surface area contributed by atoms with Crippen LogP contribution in [0.4, 0.5) is 10.1 Å². The first-order valence-electron chi connectivity index (χ1n) is 11.6. The van der Waals surface area contributed by atoms with Crippen LogP contribution >= 0.6 is 0 Å². The molecule has 36 heavy (non-hydrogen) atoms. The first kappa shape index (κ1) is 21.7. The zero-order valence-electron chi connectivity index (χ0n) is 19.5. The Morgan fingerprint density at radius 3 is 2.50 bits per heavy atom. The van der Waals surface area contributed by atoms with E-state index < -0.39 is 0 Å². The van der Waals surface area contributed by atoms with E-state index in [-0.39, 0.29) is 11.7 Å². The van der Waals surface area contributed by atoms with E-state index in [1.54, 1.807) is 18.2 Å². The third-order valence-corrected chi connectivity index (χ3v) is 6.26. The van der Waals surface area contributed by atoms with E-state index in [9.17, 15) is 9.18 Å². The highest BCUT2D eigenvalue weighted by atomic mass is 19.1. The SMILES string of the molecule is Cc1nc2ccc(C(=O)Nc3ccc(Cn4ncc5ccccc54)cc3)cc2n1-c1ccc(F)cc1. The van der Waals surface area contributed by atoms with Crippen LogP contribution in [0.2, 0.25) is 0 Å². The maximum atomic E-state index is 13.4. The Labute approximate surface area is 206 Å². The molecule has 6 aromatic rings. The van der Waals surface area contributed by atoms with E-state index >= 15 is 0 Å². The lowest BCUT2D eigenvalue weighted by molar-refractivity contribution is 0.102. The van der Waals surface area contributed by atoms with Crippen molar-refractivity contribution in [2.75, 3.05) is 5.32 Å². The zero-order chi connectivity index (χ0) is 24.6. The highest BCUT2D eigenvalue weighted by Gasteiger charge is 2.14. The standard InChI is InChI=1S/C29H22FN5O/c1-19-32-26-15-8-21(16-28(26)35(19)25-13-9-23(30)10-14-25)29(36)33-24-11-6-20(7-12-24)18-34-27-5-3-2-4-22(27)17-31-34/h2-17H,18H2,1H3,(H,33,36). The summed E-state index contributed by atoms with van der Waals surface area (Å²) in [5, 5.41) is 8.56. The van der Waals surface area contributed by atoms with Gasteiger partial charge in [0.05, 0.1) is 29.3 Å². The Bertz CT molecular complexity index is 1720. The molecule has 0 saturated heterocycles. The van der Waals surface area contributed by atoms with E-state index in [1.165, 1.54) is 12.1 Å². The highest BCUT2D eigenvalue weighted by molar-refractivity contribution is 6.06. The lowest BCUT2D eigenvalue weighted by Gasteiger charge is -2.09. The van der Waals surface area contributed by atoms with Gasteiger partial charge in [-0.05, 0) is 73.2 Å². The van der Waals surface area contributed by atoms with Crippen molar-refractivity contribution in [3.63, 3.8) is 0 Å². The second-order valence-electron chi connectivity index (χ2n) is 8.69. The molecule has 1 amide bonds. The second-order valence-corrected chi connectivity index (χ2v) is 8.69. The zero-order valence-corrected chi connectivity index (χ0v) is 19.5. The van der Waals surface area contributed by atoms with Crippen molar-refractivity contribution < 1.29 is 9.18 Å². The number of nitrogens with zero attached hydrogens (tertiary/aromatic N) is 4. The maximum Gasteiger partial charge on any atom is 0.255 e. The molecule has 176 valence electrons. The number of carbonyl (C=O) groups is 1. The summed E-state index contributed by atoms with van der Waals surface area (Å²) in [5.74, 6) is 0.242. The van der Waals surface area contributed by atoms with E-state index in [2.05, 4.69) is 21.5 Å². The second kappa shape index (κ2) is 8.78. The topological polar surface area (TPSA) is 64.7 Å². The Balaban J connectivity index is 1.22. The molecule has 6 rings (SSSR count). The van der Waals surface area contributed by atoms with Gasteiger partial charge in [-0.3, -0.25) is 14.0 Å². The molecule has 2 aromatic heterocycles. The Morgan fingerprint density at radius 2 is 1.69 bits per heavy atom. The van der Waals surface area contributed by atoms with Crippen LogP contribution in [-0.2, 0) is 6.54 Å². The number of carbonyl (C=O) groups excluding carboxylic acids is 1. The maximum absolute atomic E-state index is 13.4.